The van der Waals surface area contributed by atoms with Gasteiger partial charge < -0.3 is 0 Å². The van der Waals surface area contributed by atoms with Crippen LogP contribution >= 0.6 is 11.3 Å². The van der Waals surface area contributed by atoms with Crippen LogP contribution in [-0.2, 0) is 0 Å². The number of Topliss-reactive ketones (excluding diaryl/α,β-unsaturated/α-hetero) is 1. The summed E-state index contributed by atoms with van der Waals surface area (Å²) in [5, 5.41) is 3.81. The molecule has 0 saturated carbocycles. The number of ketones is 1. The van der Waals surface area contributed by atoms with Gasteiger partial charge in [0, 0.05) is 12.3 Å². The smallest absolute Gasteiger partial charge is 0.263 e. The summed E-state index contributed by atoms with van der Waals surface area (Å²) in [6.45, 7) is 1.33. The van der Waals surface area contributed by atoms with Gasteiger partial charge in [-0.3, -0.25) is 14.9 Å². The van der Waals surface area contributed by atoms with Crippen LogP contribution in [0.3, 0.4) is 0 Å². The van der Waals surface area contributed by atoms with Crippen molar-refractivity contribution >= 4 is 28.2 Å². The topological polar surface area (TPSA) is 59.1 Å². The van der Waals surface area contributed by atoms with Crippen molar-refractivity contribution in [3.05, 3.63) is 46.5 Å². The molecule has 1 aromatic heterocycles. The first kappa shape index (κ1) is 13.3. The quantitative estimate of drug-likeness (QED) is 0.881. The average molecular weight is 282 g/mol. The second kappa shape index (κ2) is 5.23. The van der Waals surface area contributed by atoms with E-state index in [1.165, 1.54) is 18.4 Å². The van der Waals surface area contributed by atoms with Gasteiger partial charge in [0.15, 0.2) is 10.9 Å². The van der Waals surface area contributed by atoms with Gasteiger partial charge in [0.1, 0.15) is 22.9 Å². The van der Waals surface area contributed by atoms with Crippen LogP contribution < -0.4 is 5.32 Å². The molecule has 1 N–H and O–H groups in total. The van der Waals surface area contributed by atoms with Gasteiger partial charge in [-0.25, -0.2) is 13.8 Å². The summed E-state index contributed by atoms with van der Waals surface area (Å²) < 4.78 is 26.7. The molecule has 0 bridgehead atoms. The Morgan fingerprint density at radius 2 is 1.89 bits per heavy atom. The van der Waals surface area contributed by atoms with Crippen molar-refractivity contribution < 1.29 is 18.4 Å². The molecular weight excluding hydrogens is 274 g/mol. The number of benzene rings is 1. The molecule has 0 fully saturated rings. The lowest BCUT2D eigenvalue weighted by atomic mass is 10.2. The number of nitrogens with one attached hydrogen (secondary N) is 1. The first-order valence-electron chi connectivity index (χ1n) is 5.21. The summed E-state index contributed by atoms with van der Waals surface area (Å²) in [7, 11) is 0. The highest BCUT2D eigenvalue weighted by Crippen LogP contribution is 2.19. The lowest BCUT2D eigenvalue weighted by Crippen LogP contribution is -2.15. The van der Waals surface area contributed by atoms with Crippen LogP contribution in [0.1, 0.15) is 27.8 Å². The minimum Gasteiger partial charge on any atom is -0.298 e. The molecule has 1 heterocycles. The van der Waals surface area contributed by atoms with E-state index in [4.69, 9.17) is 0 Å². The number of carbonyl (C=O) groups excluding carboxylic acids is 2. The van der Waals surface area contributed by atoms with Crippen molar-refractivity contribution in [2.45, 2.75) is 6.92 Å². The number of aromatic nitrogens is 1. The number of thiazole rings is 1. The predicted octanol–water partition coefficient (Wildman–Crippen LogP) is 2.88. The zero-order valence-electron chi connectivity index (χ0n) is 9.74. The van der Waals surface area contributed by atoms with Gasteiger partial charge in [0.05, 0.1) is 0 Å². The van der Waals surface area contributed by atoms with Crippen LogP contribution in [-0.4, -0.2) is 16.7 Å². The van der Waals surface area contributed by atoms with Gasteiger partial charge in [0.25, 0.3) is 5.91 Å². The molecule has 2 rings (SSSR count). The molecule has 2 aromatic rings. The molecule has 0 spiro atoms. The standard InChI is InChI=1S/C12H8F2N2O2S/c1-6(17)9-5-19-12(15-9)16-11(18)10-7(13)3-2-4-8(10)14/h2-5H,1H3,(H,15,16,18). The Balaban J connectivity index is 2.23. The minimum absolute atomic E-state index is 0.109. The third-order valence-corrected chi connectivity index (χ3v) is 3.03. The second-order valence-electron chi connectivity index (χ2n) is 3.64. The van der Waals surface area contributed by atoms with E-state index >= 15 is 0 Å². The zero-order valence-corrected chi connectivity index (χ0v) is 10.6. The molecule has 0 aliphatic rings. The Morgan fingerprint density at radius 1 is 1.26 bits per heavy atom. The number of anilines is 1. The van der Waals surface area contributed by atoms with Crippen molar-refractivity contribution in [2.75, 3.05) is 5.32 Å². The van der Waals surface area contributed by atoms with Crippen LogP contribution in [0.15, 0.2) is 23.6 Å². The van der Waals surface area contributed by atoms with Gasteiger partial charge in [-0.2, -0.15) is 0 Å². The Kier molecular flexibility index (Phi) is 3.66. The Hall–Kier alpha value is -2.15. The molecule has 1 aromatic carbocycles. The van der Waals surface area contributed by atoms with E-state index in [-0.39, 0.29) is 16.6 Å². The third kappa shape index (κ3) is 2.82. The largest absolute Gasteiger partial charge is 0.298 e. The molecule has 98 valence electrons. The number of hydrogen-bond donors (Lipinski definition) is 1. The minimum atomic E-state index is -0.958. The summed E-state index contributed by atoms with van der Waals surface area (Å²) in [6.07, 6.45) is 0. The molecule has 4 nitrogen and oxygen atoms in total. The van der Waals surface area contributed by atoms with Crippen LogP contribution in [0.25, 0.3) is 0 Å². The highest BCUT2D eigenvalue weighted by molar-refractivity contribution is 7.14. The molecule has 0 saturated heterocycles. The van der Waals surface area contributed by atoms with Crippen LogP contribution in [0.4, 0.5) is 13.9 Å². The second-order valence-corrected chi connectivity index (χ2v) is 4.50. The molecular formula is C12H8F2N2O2S. The monoisotopic (exact) mass is 282 g/mol. The molecule has 19 heavy (non-hydrogen) atoms. The molecule has 0 unspecified atom stereocenters. The third-order valence-electron chi connectivity index (χ3n) is 2.28. The van der Waals surface area contributed by atoms with Gasteiger partial charge in [0.2, 0.25) is 0 Å². The zero-order chi connectivity index (χ0) is 14.0. The van der Waals surface area contributed by atoms with E-state index in [0.717, 1.165) is 23.5 Å². The van der Waals surface area contributed by atoms with Crippen molar-refractivity contribution in [1.82, 2.24) is 4.98 Å². The first-order chi connectivity index (χ1) is 8.99. The van der Waals surface area contributed by atoms with E-state index in [0.29, 0.717) is 0 Å². The normalized spacial score (nSPS) is 10.3. The summed E-state index contributed by atoms with van der Waals surface area (Å²) in [6, 6.07) is 3.14. The van der Waals surface area contributed by atoms with Crippen molar-refractivity contribution in [2.24, 2.45) is 0 Å². The fraction of sp³-hybridized carbons (Fsp3) is 0.0833. The number of carbonyl (C=O) groups is 2. The van der Waals surface area contributed by atoms with Gasteiger partial charge in [-0.05, 0) is 12.1 Å². The van der Waals surface area contributed by atoms with Crippen molar-refractivity contribution in [3.63, 3.8) is 0 Å². The molecule has 0 aliphatic carbocycles. The summed E-state index contributed by atoms with van der Waals surface area (Å²) in [5.74, 6) is -3.12. The number of halogens is 2. The van der Waals surface area contributed by atoms with Gasteiger partial charge >= 0.3 is 0 Å². The lowest BCUT2D eigenvalue weighted by molar-refractivity contribution is 0.1000. The van der Waals surface area contributed by atoms with E-state index in [2.05, 4.69) is 10.3 Å². The maximum Gasteiger partial charge on any atom is 0.263 e. The maximum atomic E-state index is 13.4. The Labute approximate surface area is 111 Å². The first-order valence-corrected chi connectivity index (χ1v) is 6.09. The van der Waals surface area contributed by atoms with E-state index in [1.807, 2.05) is 0 Å². The number of amides is 1. The SMILES string of the molecule is CC(=O)c1csc(NC(=O)c2c(F)cccc2F)n1. The maximum absolute atomic E-state index is 13.4. The average Bonchev–Trinajstić information content (AvgIpc) is 2.77. The highest BCUT2D eigenvalue weighted by atomic mass is 32.1. The summed E-state index contributed by atoms with van der Waals surface area (Å²) in [5.41, 5.74) is -0.489. The molecule has 0 aliphatic heterocycles. The van der Waals surface area contributed by atoms with Crippen molar-refractivity contribution in [3.8, 4) is 0 Å². The number of hydrogen-bond acceptors (Lipinski definition) is 4. The number of nitrogens with zero attached hydrogens (tertiary/aromatic N) is 1. The molecule has 1 amide bonds. The van der Waals surface area contributed by atoms with Crippen LogP contribution in [0.5, 0.6) is 0 Å². The van der Waals surface area contributed by atoms with Gasteiger partial charge in [-0.1, -0.05) is 6.07 Å². The molecule has 0 radical (unpaired) electrons. The van der Waals surface area contributed by atoms with Crippen LogP contribution in [0, 0.1) is 11.6 Å². The van der Waals surface area contributed by atoms with E-state index < -0.39 is 23.1 Å². The summed E-state index contributed by atoms with van der Waals surface area (Å²) in [4.78, 5) is 26.6. The van der Waals surface area contributed by atoms with E-state index in [1.54, 1.807) is 0 Å². The fourth-order valence-electron chi connectivity index (χ4n) is 1.37. The Bertz CT molecular complexity index is 635. The van der Waals surface area contributed by atoms with Gasteiger partial charge in [-0.15, -0.1) is 11.3 Å². The van der Waals surface area contributed by atoms with E-state index in [9.17, 15) is 18.4 Å². The van der Waals surface area contributed by atoms with Crippen LogP contribution in [0.2, 0.25) is 0 Å². The Morgan fingerprint density at radius 3 is 2.42 bits per heavy atom. The molecule has 0 atom stereocenters. The number of rotatable bonds is 3. The predicted molar refractivity (Wildman–Crippen MR) is 66.4 cm³/mol. The highest BCUT2D eigenvalue weighted by Gasteiger charge is 2.18. The summed E-state index contributed by atoms with van der Waals surface area (Å²) >= 11 is 1.00. The lowest BCUT2D eigenvalue weighted by Gasteiger charge is -2.03. The molecule has 7 heteroatoms. The van der Waals surface area contributed by atoms with Crippen molar-refractivity contribution in [1.29, 1.82) is 0 Å². The fourth-order valence-corrected chi connectivity index (χ4v) is 2.11.